The molecule has 1 nitrogen and oxygen atoms in total. The first-order valence-electron chi connectivity index (χ1n) is 6.82. The van der Waals surface area contributed by atoms with Gasteiger partial charge in [-0.05, 0) is 29.3 Å². The standard InChI is InChI=1S/C15H24OS/c1-4-7-8-12(5-2)11-14(16)15-13(6-3)9-10-17-15/h9-10,12H,4-8,11H2,1-3H3. The van der Waals surface area contributed by atoms with E-state index >= 15 is 0 Å². The zero-order valence-electron chi connectivity index (χ0n) is 11.3. The number of hydrogen-bond donors (Lipinski definition) is 0. The summed E-state index contributed by atoms with van der Waals surface area (Å²) in [7, 11) is 0. The van der Waals surface area contributed by atoms with Crippen molar-refractivity contribution in [2.75, 3.05) is 0 Å². The monoisotopic (exact) mass is 252 g/mol. The summed E-state index contributed by atoms with van der Waals surface area (Å²) in [5.41, 5.74) is 1.23. The lowest BCUT2D eigenvalue weighted by molar-refractivity contribution is 0.0960. The van der Waals surface area contributed by atoms with E-state index in [0.717, 1.165) is 24.1 Å². The van der Waals surface area contributed by atoms with Crippen LogP contribution < -0.4 is 0 Å². The van der Waals surface area contributed by atoms with Gasteiger partial charge in [0.05, 0.1) is 4.88 Å². The molecule has 1 heterocycles. The van der Waals surface area contributed by atoms with Crippen molar-refractivity contribution in [3.8, 4) is 0 Å². The van der Waals surface area contributed by atoms with Crippen LogP contribution >= 0.6 is 11.3 Å². The number of carbonyl (C=O) groups is 1. The van der Waals surface area contributed by atoms with Gasteiger partial charge < -0.3 is 0 Å². The molecule has 96 valence electrons. The molecule has 1 aromatic rings. The fourth-order valence-corrected chi connectivity index (χ4v) is 3.10. The highest BCUT2D eigenvalue weighted by Crippen LogP contribution is 2.24. The van der Waals surface area contributed by atoms with Crippen molar-refractivity contribution < 1.29 is 4.79 Å². The highest BCUT2D eigenvalue weighted by molar-refractivity contribution is 7.12. The van der Waals surface area contributed by atoms with Gasteiger partial charge in [0.25, 0.3) is 0 Å². The van der Waals surface area contributed by atoms with Crippen molar-refractivity contribution in [1.82, 2.24) is 0 Å². The van der Waals surface area contributed by atoms with E-state index in [2.05, 4.69) is 26.8 Å². The smallest absolute Gasteiger partial charge is 0.173 e. The molecular weight excluding hydrogens is 228 g/mol. The van der Waals surface area contributed by atoms with Gasteiger partial charge in [0, 0.05) is 6.42 Å². The molecule has 0 saturated heterocycles. The molecule has 0 radical (unpaired) electrons. The Labute approximate surface area is 109 Å². The average molecular weight is 252 g/mol. The van der Waals surface area contributed by atoms with E-state index in [1.54, 1.807) is 11.3 Å². The Bertz CT molecular complexity index is 340. The summed E-state index contributed by atoms with van der Waals surface area (Å²) < 4.78 is 0. The number of Topliss-reactive ketones (excluding diaryl/α,β-unsaturated/α-hetero) is 1. The minimum atomic E-state index is 0.361. The van der Waals surface area contributed by atoms with Crippen molar-refractivity contribution in [2.45, 2.75) is 59.3 Å². The number of hydrogen-bond acceptors (Lipinski definition) is 2. The molecule has 1 rings (SSSR count). The number of aryl methyl sites for hydroxylation is 1. The van der Waals surface area contributed by atoms with Crippen LogP contribution in [0.15, 0.2) is 11.4 Å². The topological polar surface area (TPSA) is 17.1 Å². The van der Waals surface area contributed by atoms with E-state index in [1.165, 1.54) is 24.8 Å². The number of ketones is 1. The van der Waals surface area contributed by atoms with Crippen molar-refractivity contribution in [1.29, 1.82) is 0 Å². The molecule has 0 bridgehead atoms. The molecule has 0 aliphatic rings. The maximum absolute atomic E-state index is 12.2. The maximum atomic E-state index is 12.2. The lowest BCUT2D eigenvalue weighted by Crippen LogP contribution is -2.08. The lowest BCUT2D eigenvalue weighted by Gasteiger charge is -2.13. The Morgan fingerprint density at radius 3 is 2.71 bits per heavy atom. The molecule has 17 heavy (non-hydrogen) atoms. The molecule has 2 heteroatoms. The van der Waals surface area contributed by atoms with Crippen LogP contribution in [0.3, 0.4) is 0 Å². The van der Waals surface area contributed by atoms with Crippen LogP contribution in [-0.4, -0.2) is 5.78 Å². The molecule has 0 aromatic carbocycles. The highest BCUT2D eigenvalue weighted by Gasteiger charge is 2.16. The molecule has 1 unspecified atom stereocenters. The van der Waals surface area contributed by atoms with E-state index < -0.39 is 0 Å². The van der Waals surface area contributed by atoms with Crippen LogP contribution in [0.4, 0.5) is 0 Å². The summed E-state index contributed by atoms with van der Waals surface area (Å²) in [5, 5.41) is 2.04. The van der Waals surface area contributed by atoms with E-state index in [-0.39, 0.29) is 0 Å². The lowest BCUT2D eigenvalue weighted by atomic mass is 9.92. The van der Waals surface area contributed by atoms with Crippen LogP contribution in [0.1, 0.15) is 68.1 Å². The summed E-state index contributed by atoms with van der Waals surface area (Å²) in [6, 6.07) is 2.09. The second-order valence-corrected chi connectivity index (χ2v) is 5.59. The van der Waals surface area contributed by atoms with Crippen molar-refractivity contribution in [3.63, 3.8) is 0 Å². The summed E-state index contributed by atoms with van der Waals surface area (Å²) in [6.07, 6.45) is 6.51. The normalized spacial score (nSPS) is 12.6. The zero-order valence-corrected chi connectivity index (χ0v) is 12.1. The highest BCUT2D eigenvalue weighted by atomic mass is 32.1. The molecule has 0 N–H and O–H groups in total. The van der Waals surface area contributed by atoms with Crippen LogP contribution in [0.5, 0.6) is 0 Å². The third-order valence-corrected chi connectivity index (χ3v) is 4.40. The fraction of sp³-hybridized carbons (Fsp3) is 0.667. The van der Waals surface area contributed by atoms with Gasteiger partial charge in [0.2, 0.25) is 0 Å². The largest absolute Gasteiger partial charge is 0.293 e. The van der Waals surface area contributed by atoms with Crippen molar-refractivity contribution in [3.05, 3.63) is 21.9 Å². The van der Waals surface area contributed by atoms with E-state index in [9.17, 15) is 4.79 Å². The molecule has 0 spiro atoms. The van der Waals surface area contributed by atoms with Gasteiger partial charge in [-0.1, -0.05) is 46.5 Å². The molecule has 1 aromatic heterocycles. The Hall–Kier alpha value is -0.630. The minimum Gasteiger partial charge on any atom is -0.293 e. The average Bonchev–Trinajstić information content (AvgIpc) is 2.82. The maximum Gasteiger partial charge on any atom is 0.173 e. The van der Waals surface area contributed by atoms with Gasteiger partial charge in [-0.3, -0.25) is 4.79 Å². The Morgan fingerprint density at radius 2 is 2.12 bits per heavy atom. The second-order valence-electron chi connectivity index (χ2n) is 4.67. The van der Waals surface area contributed by atoms with Crippen LogP contribution in [-0.2, 0) is 6.42 Å². The third kappa shape index (κ3) is 4.27. The Morgan fingerprint density at radius 1 is 1.35 bits per heavy atom. The molecule has 0 aliphatic heterocycles. The molecule has 0 fully saturated rings. The number of thiophene rings is 1. The van der Waals surface area contributed by atoms with Crippen LogP contribution in [0.25, 0.3) is 0 Å². The molecule has 0 aliphatic carbocycles. The van der Waals surface area contributed by atoms with Crippen molar-refractivity contribution >= 4 is 17.1 Å². The number of rotatable bonds is 8. The molecule has 0 saturated carbocycles. The SMILES string of the molecule is CCCCC(CC)CC(=O)c1sccc1CC. The van der Waals surface area contributed by atoms with Gasteiger partial charge in [-0.25, -0.2) is 0 Å². The Balaban J connectivity index is 2.58. The summed E-state index contributed by atoms with van der Waals surface area (Å²) in [6.45, 7) is 6.53. The summed E-state index contributed by atoms with van der Waals surface area (Å²) in [4.78, 5) is 13.2. The first-order valence-corrected chi connectivity index (χ1v) is 7.70. The van der Waals surface area contributed by atoms with Gasteiger partial charge in [-0.15, -0.1) is 11.3 Å². The number of carbonyl (C=O) groups excluding carboxylic acids is 1. The fourth-order valence-electron chi connectivity index (χ4n) is 2.16. The van der Waals surface area contributed by atoms with E-state index in [0.29, 0.717) is 11.7 Å². The first-order chi connectivity index (χ1) is 8.22. The first kappa shape index (κ1) is 14.4. The number of unbranched alkanes of at least 4 members (excludes halogenated alkanes) is 1. The Kier molecular flexibility index (Phi) is 6.49. The third-order valence-electron chi connectivity index (χ3n) is 3.40. The molecular formula is C15H24OS. The quantitative estimate of drug-likeness (QED) is 0.588. The second kappa shape index (κ2) is 7.65. The predicted octanol–water partition coefficient (Wildman–Crippen LogP) is 5.10. The van der Waals surface area contributed by atoms with Gasteiger partial charge in [0.1, 0.15) is 0 Å². The molecule has 1 atom stereocenters. The van der Waals surface area contributed by atoms with E-state index in [1.807, 2.05) is 5.38 Å². The minimum absolute atomic E-state index is 0.361. The van der Waals surface area contributed by atoms with Crippen LogP contribution in [0, 0.1) is 5.92 Å². The predicted molar refractivity (Wildman–Crippen MR) is 76.0 cm³/mol. The molecule has 0 amide bonds. The van der Waals surface area contributed by atoms with Gasteiger partial charge >= 0.3 is 0 Å². The van der Waals surface area contributed by atoms with Gasteiger partial charge in [-0.2, -0.15) is 0 Å². The summed E-state index contributed by atoms with van der Waals surface area (Å²) >= 11 is 1.61. The zero-order chi connectivity index (χ0) is 12.7. The summed E-state index contributed by atoms with van der Waals surface area (Å²) in [5.74, 6) is 0.939. The van der Waals surface area contributed by atoms with Gasteiger partial charge in [0.15, 0.2) is 5.78 Å². The van der Waals surface area contributed by atoms with Crippen molar-refractivity contribution in [2.24, 2.45) is 5.92 Å². The van der Waals surface area contributed by atoms with E-state index in [4.69, 9.17) is 0 Å². The van der Waals surface area contributed by atoms with Crippen LogP contribution in [0.2, 0.25) is 0 Å².